The van der Waals surface area contributed by atoms with Gasteiger partial charge in [-0.15, -0.1) is 0 Å². The summed E-state index contributed by atoms with van der Waals surface area (Å²) in [6.07, 6.45) is -1.24. The predicted octanol–water partition coefficient (Wildman–Crippen LogP) is 3.24. The van der Waals surface area contributed by atoms with Gasteiger partial charge in [0.15, 0.2) is 0 Å². The van der Waals surface area contributed by atoms with Crippen molar-refractivity contribution in [3.05, 3.63) is 29.3 Å². The molecule has 0 spiro atoms. The quantitative estimate of drug-likeness (QED) is 0.881. The summed E-state index contributed by atoms with van der Waals surface area (Å²) in [5.41, 5.74) is 4.76. The second-order valence-corrected chi connectivity index (χ2v) is 6.54. The number of carbonyl (C=O) groups excluding carboxylic acids is 1. The molecule has 7 heteroatoms. The molecule has 1 amide bonds. The molecule has 1 fully saturated rings. The van der Waals surface area contributed by atoms with E-state index in [1.165, 1.54) is 19.2 Å². The Hall–Kier alpha value is -1.76. The van der Waals surface area contributed by atoms with Gasteiger partial charge >= 0.3 is 6.18 Å². The van der Waals surface area contributed by atoms with Crippen LogP contribution in [0.1, 0.15) is 43.7 Å². The lowest BCUT2D eigenvalue weighted by atomic mass is 9.74. The lowest BCUT2D eigenvalue weighted by Crippen LogP contribution is -2.52. The van der Waals surface area contributed by atoms with Gasteiger partial charge in [0.1, 0.15) is 5.75 Å². The summed E-state index contributed by atoms with van der Waals surface area (Å²) in [7, 11) is 1.31. The van der Waals surface area contributed by atoms with Crippen LogP contribution in [0.15, 0.2) is 18.2 Å². The third-order valence-corrected chi connectivity index (χ3v) is 4.65. The molecule has 3 N–H and O–H groups in total. The molecular formula is C17H23F3N2O2. The molecule has 0 aliphatic heterocycles. The lowest BCUT2D eigenvalue weighted by Gasteiger charge is -2.37. The van der Waals surface area contributed by atoms with Crippen LogP contribution in [0.5, 0.6) is 5.75 Å². The molecule has 1 aliphatic rings. The fourth-order valence-electron chi connectivity index (χ4n) is 3.20. The molecule has 2 atom stereocenters. The van der Waals surface area contributed by atoms with Crippen molar-refractivity contribution in [1.29, 1.82) is 0 Å². The maximum atomic E-state index is 13.2. The van der Waals surface area contributed by atoms with E-state index < -0.39 is 17.3 Å². The van der Waals surface area contributed by atoms with Gasteiger partial charge < -0.3 is 15.8 Å². The number of nitrogens with one attached hydrogen (secondary N) is 1. The lowest BCUT2D eigenvalue weighted by molar-refractivity contribution is -0.138. The molecule has 1 saturated carbocycles. The van der Waals surface area contributed by atoms with Crippen LogP contribution in [0.3, 0.4) is 0 Å². The number of methoxy groups -OCH3 is 1. The van der Waals surface area contributed by atoms with E-state index >= 15 is 0 Å². The van der Waals surface area contributed by atoms with Crippen LogP contribution < -0.4 is 15.8 Å². The van der Waals surface area contributed by atoms with E-state index in [1.54, 1.807) is 0 Å². The van der Waals surface area contributed by atoms with Crippen molar-refractivity contribution in [2.45, 2.75) is 50.9 Å². The number of ether oxygens (including phenoxy) is 1. The van der Waals surface area contributed by atoms with Gasteiger partial charge in [-0.2, -0.15) is 13.2 Å². The minimum atomic E-state index is -4.51. The first kappa shape index (κ1) is 18.6. The van der Waals surface area contributed by atoms with Gasteiger partial charge in [0.25, 0.3) is 0 Å². The Labute approximate surface area is 139 Å². The normalized spacial score (nSPS) is 24.5. The summed E-state index contributed by atoms with van der Waals surface area (Å²) in [5, 5.41) is 2.61. The Bertz CT molecular complexity index is 600. The molecule has 1 aliphatic carbocycles. The van der Waals surface area contributed by atoms with Crippen LogP contribution in [0.4, 0.5) is 13.2 Å². The van der Waals surface area contributed by atoms with Gasteiger partial charge in [-0.25, -0.2) is 0 Å². The summed E-state index contributed by atoms with van der Waals surface area (Å²) >= 11 is 0. The van der Waals surface area contributed by atoms with E-state index in [4.69, 9.17) is 10.5 Å². The van der Waals surface area contributed by atoms with E-state index in [9.17, 15) is 18.0 Å². The van der Waals surface area contributed by atoms with Gasteiger partial charge in [0.2, 0.25) is 5.91 Å². The highest BCUT2D eigenvalue weighted by Crippen LogP contribution is 2.35. The van der Waals surface area contributed by atoms with Crippen molar-refractivity contribution in [2.24, 2.45) is 11.7 Å². The average molecular weight is 344 g/mol. The summed E-state index contributed by atoms with van der Waals surface area (Å²) in [6.45, 7) is 1.63. The molecule has 2 rings (SSSR count). The molecule has 134 valence electrons. The minimum absolute atomic E-state index is 0.00573. The standard InChI is InChI=1S/C17H23F3N2O2/c1-16(21)8-4-3-5-13(16)15(23)22-10-11-6-7-12(24-2)9-14(11)17(18,19)20/h6-7,9,13H,3-5,8,10,21H2,1-2H3,(H,22,23). The second kappa shape index (κ2) is 7.01. The van der Waals surface area contributed by atoms with Crippen molar-refractivity contribution in [1.82, 2.24) is 5.32 Å². The molecule has 0 bridgehead atoms. The van der Waals surface area contributed by atoms with Gasteiger partial charge in [0, 0.05) is 12.1 Å². The number of alkyl halides is 3. The zero-order valence-corrected chi connectivity index (χ0v) is 13.9. The highest BCUT2D eigenvalue weighted by molar-refractivity contribution is 5.80. The molecule has 0 saturated heterocycles. The molecule has 24 heavy (non-hydrogen) atoms. The maximum absolute atomic E-state index is 13.2. The highest BCUT2D eigenvalue weighted by Gasteiger charge is 2.38. The number of benzene rings is 1. The summed E-state index contributed by atoms with van der Waals surface area (Å²) in [4.78, 5) is 12.4. The first-order valence-electron chi connectivity index (χ1n) is 7.96. The van der Waals surface area contributed by atoms with E-state index in [2.05, 4.69) is 5.32 Å². The zero-order chi connectivity index (χ0) is 18.0. The fraction of sp³-hybridized carbons (Fsp3) is 0.588. The summed E-state index contributed by atoms with van der Waals surface area (Å²) in [5.74, 6) is -0.540. The summed E-state index contributed by atoms with van der Waals surface area (Å²) in [6, 6.07) is 3.71. The van der Waals surface area contributed by atoms with E-state index in [1.807, 2.05) is 6.92 Å². The smallest absolute Gasteiger partial charge is 0.416 e. The van der Waals surface area contributed by atoms with Crippen molar-refractivity contribution >= 4 is 5.91 Å². The summed E-state index contributed by atoms with van der Waals surface area (Å²) < 4.78 is 44.4. The number of hydrogen-bond acceptors (Lipinski definition) is 3. The van der Waals surface area contributed by atoms with E-state index in [0.717, 1.165) is 25.3 Å². The molecular weight excluding hydrogens is 321 g/mol. The number of carbonyl (C=O) groups is 1. The zero-order valence-electron chi connectivity index (χ0n) is 13.9. The first-order valence-corrected chi connectivity index (χ1v) is 7.96. The SMILES string of the molecule is COc1ccc(CNC(=O)C2CCCCC2(C)N)c(C(F)(F)F)c1. The number of halogens is 3. The number of amides is 1. The predicted molar refractivity (Wildman–Crippen MR) is 84.4 cm³/mol. The highest BCUT2D eigenvalue weighted by atomic mass is 19.4. The maximum Gasteiger partial charge on any atom is 0.416 e. The van der Waals surface area contributed by atoms with Crippen LogP contribution in [-0.4, -0.2) is 18.6 Å². The van der Waals surface area contributed by atoms with Crippen LogP contribution in [0, 0.1) is 5.92 Å². The third kappa shape index (κ3) is 4.20. The molecule has 0 radical (unpaired) electrons. The Kier molecular flexibility index (Phi) is 5.42. The molecule has 1 aromatic rings. The van der Waals surface area contributed by atoms with Crippen molar-refractivity contribution in [3.8, 4) is 5.75 Å². The molecule has 1 aromatic carbocycles. The van der Waals surface area contributed by atoms with Crippen LogP contribution in [0.25, 0.3) is 0 Å². The monoisotopic (exact) mass is 344 g/mol. The van der Waals surface area contributed by atoms with Crippen molar-refractivity contribution < 1.29 is 22.7 Å². The van der Waals surface area contributed by atoms with Crippen LogP contribution >= 0.6 is 0 Å². The van der Waals surface area contributed by atoms with E-state index in [0.29, 0.717) is 6.42 Å². The number of nitrogens with two attached hydrogens (primary N) is 1. The molecule has 0 aromatic heterocycles. The Morgan fingerprint density at radius 3 is 2.71 bits per heavy atom. The van der Waals surface area contributed by atoms with E-state index in [-0.39, 0.29) is 29.7 Å². The molecule has 0 heterocycles. The van der Waals surface area contributed by atoms with Gasteiger partial charge in [-0.1, -0.05) is 18.9 Å². The average Bonchev–Trinajstić information content (AvgIpc) is 2.51. The van der Waals surface area contributed by atoms with Gasteiger partial charge in [0.05, 0.1) is 18.6 Å². The molecule has 2 unspecified atom stereocenters. The Balaban J connectivity index is 2.12. The topological polar surface area (TPSA) is 64.3 Å². The second-order valence-electron chi connectivity index (χ2n) is 6.54. The first-order chi connectivity index (χ1) is 11.1. The van der Waals surface area contributed by atoms with Crippen LogP contribution in [-0.2, 0) is 17.5 Å². The Morgan fingerprint density at radius 2 is 2.12 bits per heavy atom. The van der Waals surface area contributed by atoms with Gasteiger partial charge in [-0.3, -0.25) is 4.79 Å². The molecule has 4 nitrogen and oxygen atoms in total. The minimum Gasteiger partial charge on any atom is -0.497 e. The largest absolute Gasteiger partial charge is 0.497 e. The third-order valence-electron chi connectivity index (χ3n) is 4.65. The van der Waals surface area contributed by atoms with Crippen molar-refractivity contribution in [3.63, 3.8) is 0 Å². The van der Waals surface area contributed by atoms with Gasteiger partial charge in [-0.05, 0) is 37.5 Å². The van der Waals surface area contributed by atoms with Crippen LogP contribution in [0.2, 0.25) is 0 Å². The number of hydrogen-bond donors (Lipinski definition) is 2. The van der Waals surface area contributed by atoms with Crippen molar-refractivity contribution in [2.75, 3.05) is 7.11 Å². The fourth-order valence-corrected chi connectivity index (χ4v) is 3.20. The number of rotatable bonds is 4. The Morgan fingerprint density at radius 1 is 1.42 bits per heavy atom.